The highest BCUT2D eigenvalue weighted by molar-refractivity contribution is 5.44. The van der Waals surface area contributed by atoms with Crippen molar-refractivity contribution >= 4 is 0 Å². The van der Waals surface area contributed by atoms with Gasteiger partial charge in [0.25, 0.3) is 0 Å². The van der Waals surface area contributed by atoms with Crippen LogP contribution in [0.4, 0.5) is 4.39 Å². The van der Waals surface area contributed by atoms with E-state index in [0.29, 0.717) is 17.9 Å². The van der Waals surface area contributed by atoms with Gasteiger partial charge in [-0.2, -0.15) is 0 Å². The molecule has 2 atom stereocenters. The maximum atomic E-state index is 13.2. The Hall–Kier alpha value is -2.07. The number of rotatable bonds is 2. The van der Waals surface area contributed by atoms with E-state index in [4.69, 9.17) is 9.47 Å². The van der Waals surface area contributed by atoms with Gasteiger partial charge < -0.3 is 14.6 Å². The highest BCUT2D eigenvalue weighted by Crippen LogP contribution is 2.42. The molecule has 0 amide bonds. The number of methoxy groups -OCH3 is 1. The number of halogens is 1. The Labute approximate surface area is 122 Å². The number of fused-ring (bicyclic) bond motifs is 1. The molecule has 110 valence electrons. The van der Waals surface area contributed by atoms with E-state index in [-0.39, 0.29) is 11.9 Å². The van der Waals surface area contributed by atoms with Gasteiger partial charge in [0.1, 0.15) is 23.4 Å². The standard InChI is InChI=1S/C17H17FO3/c1-10-7-11(18)3-5-13(10)17-9-15(19)14-6-4-12(20-2)8-16(14)21-17/h3-8,15,17,19H,9H2,1-2H3/t15-,17?/m1/s1. The van der Waals surface area contributed by atoms with Gasteiger partial charge in [-0.3, -0.25) is 0 Å². The molecule has 1 N–H and O–H groups in total. The van der Waals surface area contributed by atoms with E-state index in [1.165, 1.54) is 12.1 Å². The molecule has 2 aromatic rings. The topological polar surface area (TPSA) is 38.7 Å². The number of hydrogen-bond acceptors (Lipinski definition) is 3. The summed E-state index contributed by atoms with van der Waals surface area (Å²) in [6.45, 7) is 1.84. The predicted octanol–water partition coefficient (Wildman–Crippen LogP) is 3.70. The lowest BCUT2D eigenvalue weighted by Gasteiger charge is -2.31. The summed E-state index contributed by atoms with van der Waals surface area (Å²) in [6.07, 6.45) is -0.444. The molecule has 1 unspecified atom stereocenters. The van der Waals surface area contributed by atoms with Gasteiger partial charge >= 0.3 is 0 Å². The van der Waals surface area contributed by atoms with Crippen LogP contribution in [0.25, 0.3) is 0 Å². The number of ether oxygens (including phenoxy) is 2. The van der Waals surface area contributed by atoms with Crippen molar-refractivity contribution in [1.29, 1.82) is 0 Å². The minimum atomic E-state index is -0.603. The van der Waals surface area contributed by atoms with E-state index in [9.17, 15) is 9.50 Å². The maximum absolute atomic E-state index is 13.2. The van der Waals surface area contributed by atoms with Crippen LogP contribution >= 0.6 is 0 Å². The highest BCUT2D eigenvalue weighted by atomic mass is 19.1. The van der Waals surface area contributed by atoms with Gasteiger partial charge in [-0.05, 0) is 42.3 Å². The highest BCUT2D eigenvalue weighted by Gasteiger charge is 2.29. The largest absolute Gasteiger partial charge is 0.497 e. The Bertz CT molecular complexity index is 669. The molecule has 0 aliphatic carbocycles. The van der Waals surface area contributed by atoms with E-state index in [1.54, 1.807) is 25.3 Å². The third-order valence-electron chi connectivity index (χ3n) is 3.87. The SMILES string of the molecule is COc1ccc2c(c1)OC(c1ccc(F)cc1C)C[C@H]2O. The van der Waals surface area contributed by atoms with Gasteiger partial charge in [0.2, 0.25) is 0 Å². The summed E-state index contributed by atoms with van der Waals surface area (Å²) in [4.78, 5) is 0. The Balaban J connectivity index is 1.96. The van der Waals surface area contributed by atoms with E-state index in [1.807, 2.05) is 13.0 Å². The van der Waals surface area contributed by atoms with Crippen molar-refractivity contribution in [2.75, 3.05) is 7.11 Å². The fourth-order valence-corrected chi connectivity index (χ4v) is 2.74. The zero-order valence-corrected chi connectivity index (χ0v) is 12.0. The summed E-state index contributed by atoms with van der Waals surface area (Å²) in [7, 11) is 1.59. The van der Waals surface area contributed by atoms with Gasteiger partial charge in [0.05, 0.1) is 13.2 Å². The third-order valence-corrected chi connectivity index (χ3v) is 3.87. The lowest BCUT2D eigenvalue weighted by molar-refractivity contribution is 0.0652. The molecule has 0 saturated heterocycles. The first-order valence-electron chi connectivity index (χ1n) is 6.87. The fourth-order valence-electron chi connectivity index (χ4n) is 2.74. The molecule has 0 aromatic heterocycles. The first-order chi connectivity index (χ1) is 10.1. The first kappa shape index (κ1) is 13.9. The van der Waals surface area contributed by atoms with Crippen molar-refractivity contribution in [3.05, 3.63) is 58.9 Å². The number of hydrogen-bond donors (Lipinski definition) is 1. The normalized spacial score (nSPS) is 20.6. The lowest BCUT2D eigenvalue weighted by Crippen LogP contribution is -2.19. The zero-order valence-electron chi connectivity index (χ0n) is 12.0. The Morgan fingerprint density at radius 3 is 2.67 bits per heavy atom. The molecule has 0 radical (unpaired) electrons. The van der Waals surface area contributed by atoms with Gasteiger partial charge in [-0.1, -0.05) is 6.07 Å². The van der Waals surface area contributed by atoms with Crippen molar-refractivity contribution in [3.8, 4) is 11.5 Å². The van der Waals surface area contributed by atoms with Crippen molar-refractivity contribution in [1.82, 2.24) is 0 Å². The molecule has 0 saturated carbocycles. The molecule has 1 aliphatic rings. The summed E-state index contributed by atoms with van der Waals surface area (Å²) in [5, 5.41) is 10.3. The molecular formula is C17H17FO3. The number of aliphatic hydroxyl groups is 1. The van der Waals surface area contributed by atoms with Crippen molar-refractivity contribution in [3.63, 3.8) is 0 Å². The smallest absolute Gasteiger partial charge is 0.129 e. The Morgan fingerprint density at radius 1 is 1.19 bits per heavy atom. The summed E-state index contributed by atoms with van der Waals surface area (Å²) in [5.41, 5.74) is 2.47. The lowest BCUT2D eigenvalue weighted by atomic mass is 9.93. The molecule has 1 aliphatic heterocycles. The van der Waals surface area contributed by atoms with Gasteiger partial charge in [-0.25, -0.2) is 4.39 Å². The number of benzene rings is 2. The van der Waals surface area contributed by atoms with Crippen LogP contribution in [0, 0.1) is 12.7 Å². The minimum absolute atomic E-state index is 0.269. The molecule has 0 bridgehead atoms. The predicted molar refractivity (Wildman–Crippen MR) is 77.1 cm³/mol. The first-order valence-corrected chi connectivity index (χ1v) is 6.87. The summed E-state index contributed by atoms with van der Waals surface area (Å²) < 4.78 is 24.4. The van der Waals surface area contributed by atoms with Crippen LogP contribution in [0.2, 0.25) is 0 Å². The fraction of sp³-hybridized carbons (Fsp3) is 0.294. The van der Waals surface area contributed by atoms with E-state index >= 15 is 0 Å². The zero-order chi connectivity index (χ0) is 15.0. The van der Waals surface area contributed by atoms with Crippen molar-refractivity contribution < 1.29 is 19.0 Å². The summed E-state index contributed by atoms with van der Waals surface area (Å²) in [6, 6.07) is 9.99. The molecule has 4 heteroatoms. The molecule has 0 spiro atoms. The average molecular weight is 288 g/mol. The molecule has 3 nitrogen and oxygen atoms in total. The molecule has 3 rings (SSSR count). The van der Waals surface area contributed by atoms with E-state index in [0.717, 1.165) is 16.7 Å². The maximum Gasteiger partial charge on any atom is 0.129 e. The molecule has 1 heterocycles. The third kappa shape index (κ3) is 2.59. The van der Waals surface area contributed by atoms with Gasteiger partial charge in [0, 0.05) is 18.1 Å². The number of aliphatic hydroxyl groups excluding tert-OH is 1. The van der Waals surface area contributed by atoms with Crippen LogP contribution in [0.3, 0.4) is 0 Å². The van der Waals surface area contributed by atoms with Crippen molar-refractivity contribution in [2.45, 2.75) is 25.6 Å². The molecule has 0 fully saturated rings. The summed E-state index contributed by atoms with van der Waals surface area (Å²) >= 11 is 0. The van der Waals surface area contributed by atoms with Gasteiger partial charge in [-0.15, -0.1) is 0 Å². The van der Waals surface area contributed by atoms with Gasteiger partial charge in [0.15, 0.2) is 0 Å². The molecule has 21 heavy (non-hydrogen) atoms. The van der Waals surface area contributed by atoms with Crippen LogP contribution in [0.15, 0.2) is 36.4 Å². The average Bonchev–Trinajstić information content (AvgIpc) is 2.46. The molecular weight excluding hydrogens is 271 g/mol. The molecule has 2 aromatic carbocycles. The quantitative estimate of drug-likeness (QED) is 0.915. The van der Waals surface area contributed by atoms with E-state index < -0.39 is 6.10 Å². The number of aryl methyl sites for hydroxylation is 1. The van der Waals surface area contributed by atoms with Crippen LogP contribution in [0.1, 0.15) is 35.3 Å². The monoisotopic (exact) mass is 288 g/mol. The van der Waals surface area contributed by atoms with Crippen molar-refractivity contribution in [2.24, 2.45) is 0 Å². The van der Waals surface area contributed by atoms with E-state index in [2.05, 4.69) is 0 Å². The minimum Gasteiger partial charge on any atom is -0.497 e. The second-order valence-corrected chi connectivity index (χ2v) is 5.26. The van der Waals surface area contributed by atoms with Crippen LogP contribution in [0.5, 0.6) is 11.5 Å². The van der Waals surface area contributed by atoms with Crippen LogP contribution < -0.4 is 9.47 Å². The Morgan fingerprint density at radius 2 is 1.95 bits per heavy atom. The summed E-state index contributed by atoms with van der Waals surface area (Å²) in [5.74, 6) is 1.02. The second kappa shape index (κ2) is 5.37. The second-order valence-electron chi connectivity index (χ2n) is 5.26. The Kier molecular flexibility index (Phi) is 3.55. The van der Waals surface area contributed by atoms with Crippen LogP contribution in [-0.4, -0.2) is 12.2 Å². The van der Waals surface area contributed by atoms with Crippen LogP contribution in [-0.2, 0) is 0 Å².